The lowest BCUT2D eigenvalue weighted by Crippen LogP contribution is -2.20. The van der Waals surface area contributed by atoms with Crippen LogP contribution in [-0.4, -0.2) is 29.2 Å². The molecule has 1 fully saturated rings. The average Bonchev–Trinajstić information content (AvgIpc) is 2.88. The van der Waals surface area contributed by atoms with E-state index in [1.54, 1.807) is 0 Å². The predicted molar refractivity (Wildman–Crippen MR) is 63.4 cm³/mol. The van der Waals surface area contributed by atoms with Crippen molar-refractivity contribution in [2.24, 2.45) is 0 Å². The van der Waals surface area contributed by atoms with E-state index in [-0.39, 0.29) is 18.5 Å². The number of ether oxygens (including phenoxy) is 1. The summed E-state index contributed by atoms with van der Waals surface area (Å²) in [5.41, 5.74) is -1.84. The molecule has 9 heteroatoms. The Bertz CT molecular complexity index is 501. The minimum Gasteiger partial charge on any atom is -0.376 e. The molecule has 20 heavy (non-hydrogen) atoms. The van der Waals surface area contributed by atoms with Crippen molar-refractivity contribution in [3.8, 4) is 0 Å². The summed E-state index contributed by atoms with van der Waals surface area (Å²) >= 11 is 0. The van der Waals surface area contributed by atoms with Crippen molar-refractivity contribution < 1.29 is 22.8 Å². The number of hydrogen-bond acceptors (Lipinski definition) is 5. The summed E-state index contributed by atoms with van der Waals surface area (Å²) in [5.74, 6) is -0.182. The highest BCUT2D eigenvalue weighted by molar-refractivity contribution is 5.57. The normalized spacial score (nSPS) is 19.1. The van der Waals surface area contributed by atoms with Crippen LogP contribution in [0.1, 0.15) is 18.4 Å². The molecule has 0 aromatic carbocycles. The second kappa shape index (κ2) is 5.61. The highest BCUT2D eigenvalue weighted by Crippen LogP contribution is 2.33. The van der Waals surface area contributed by atoms with Crippen molar-refractivity contribution >= 4 is 11.5 Å². The molecule has 0 aliphatic carbocycles. The Morgan fingerprint density at radius 3 is 2.85 bits per heavy atom. The van der Waals surface area contributed by atoms with Crippen LogP contribution in [0.3, 0.4) is 0 Å². The third-order valence-electron chi connectivity index (χ3n) is 2.91. The number of nitrogens with one attached hydrogen (secondary N) is 1. The maximum absolute atomic E-state index is 12.5. The van der Waals surface area contributed by atoms with Crippen molar-refractivity contribution in [2.45, 2.75) is 25.1 Å². The van der Waals surface area contributed by atoms with Gasteiger partial charge in [-0.25, -0.2) is 4.98 Å². The molecular formula is C11H12F3N3O3. The second-order valence-electron chi connectivity index (χ2n) is 4.36. The molecule has 1 N–H and O–H groups in total. The first kappa shape index (κ1) is 14.5. The van der Waals surface area contributed by atoms with Crippen LogP contribution in [0.2, 0.25) is 0 Å². The minimum absolute atomic E-state index is 0.0984. The summed E-state index contributed by atoms with van der Waals surface area (Å²) in [6.07, 6.45) is -2.48. The van der Waals surface area contributed by atoms with E-state index >= 15 is 0 Å². The number of alkyl halides is 3. The Balaban J connectivity index is 2.17. The van der Waals surface area contributed by atoms with Gasteiger partial charge in [0.05, 0.1) is 16.6 Å². The Kier molecular flexibility index (Phi) is 4.07. The maximum Gasteiger partial charge on any atom is 0.418 e. The molecule has 110 valence electrons. The smallest absolute Gasteiger partial charge is 0.376 e. The zero-order chi connectivity index (χ0) is 14.8. The fourth-order valence-electron chi connectivity index (χ4n) is 1.90. The van der Waals surface area contributed by atoms with Crippen LogP contribution in [0.4, 0.5) is 24.7 Å². The van der Waals surface area contributed by atoms with Crippen molar-refractivity contribution in [3.63, 3.8) is 0 Å². The van der Waals surface area contributed by atoms with E-state index in [0.29, 0.717) is 18.9 Å². The monoisotopic (exact) mass is 291 g/mol. The molecule has 1 unspecified atom stereocenters. The van der Waals surface area contributed by atoms with Crippen LogP contribution < -0.4 is 5.32 Å². The highest BCUT2D eigenvalue weighted by Gasteiger charge is 2.34. The van der Waals surface area contributed by atoms with Gasteiger partial charge in [0.25, 0.3) is 0 Å². The van der Waals surface area contributed by atoms with Crippen LogP contribution in [0.25, 0.3) is 0 Å². The average molecular weight is 291 g/mol. The summed E-state index contributed by atoms with van der Waals surface area (Å²) in [6, 6.07) is 0.477. The third kappa shape index (κ3) is 3.35. The van der Waals surface area contributed by atoms with E-state index in [1.807, 2.05) is 0 Å². The maximum atomic E-state index is 12.5. The van der Waals surface area contributed by atoms with Crippen molar-refractivity contribution in [1.29, 1.82) is 0 Å². The van der Waals surface area contributed by atoms with Gasteiger partial charge in [0, 0.05) is 25.4 Å². The molecular weight excluding hydrogens is 279 g/mol. The lowest BCUT2D eigenvalue weighted by molar-refractivity contribution is -0.384. The van der Waals surface area contributed by atoms with E-state index in [0.717, 1.165) is 12.8 Å². The van der Waals surface area contributed by atoms with Gasteiger partial charge in [-0.3, -0.25) is 10.1 Å². The molecule has 2 rings (SSSR count). The molecule has 2 heterocycles. The SMILES string of the molecule is O=[N+]([O-])c1cc(C(F)(F)F)cnc1NCC1CCCO1. The summed E-state index contributed by atoms with van der Waals surface area (Å²) < 4.78 is 42.8. The van der Waals surface area contributed by atoms with Crippen LogP contribution in [-0.2, 0) is 10.9 Å². The Labute approximate surface area is 112 Å². The van der Waals surface area contributed by atoms with Gasteiger partial charge >= 0.3 is 11.9 Å². The Morgan fingerprint density at radius 2 is 2.30 bits per heavy atom. The number of nitro groups is 1. The molecule has 1 aliphatic heterocycles. The number of anilines is 1. The number of hydrogen-bond donors (Lipinski definition) is 1. The molecule has 1 aliphatic rings. The van der Waals surface area contributed by atoms with Crippen molar-refractivity contribution in [1.82, 2.24) is 4.98 Å². The molecule has 1 atom stereocenters. The molecule has 0 radical (unpaired) electrons. The largest absolute Gasteiger partial charge is 0.418 e. The minimum atomic E-state index is -4.66. The number of nitrogens with zero attached hydrogens (tertiary/aromatic N) is 2. The van der Waals surface area contributed by atoms with Gasteiger partial charge in [-0.05, 0) is 12.8 Å². The van der Waals surface area contributed by atoms with Gasteiger partial charge in [-0.2, -0.15) is 13.2 Å². The molecule has 6 nitrogen and oxygen atoms in total. The van der Waals surface area contributed by atoms with Gasteiger partial charge in [0.15, 0.2) is 0 Å². The quantitative estimate of drug-likeness (QED) is 0.681. The first-order chi connectivity index (χ1) is 9.38. The molecule has 0 saturated carbocycles. The van der Waals surface area contributed by atoms with Crippen molar-refractivity contribution in [3.05, 3.63) is 27.9 Å². The molecule has 0 spiro atoms. The molecule has 1 aromatic rings. The standard InChI is InChI=1S/C11H12F3N3O3/c12-11(13,14)7-4-9(17(18)19)10(15-5-7)16-6-8-2-1-3-20-8/h4-5,8H,1-3,6H2,(H,15,16). The van der Waals surface area contributed by atoms with Crippen LogP contribution in [0, 0.1) is 10.1 Å². The molecule has 1 saturated heterocycles. The van der Waals surface area contributed by atoms with Gasteiger partial charge in [-0.15, -0.1) is 0 Å². The second-order valence-corrected chi connectivity index (χ2v) is 4.36. The molecule has 1 aromatic heterocycles. The van der Waals surface area contributed by atoms with E-state index in [4.69, 9.17) is 4.74 Å². The highest BCUT2D eigenvalue weighted by atomic mass is 19.4. The summed E-state index contributed by atoms with van der Waals surface area (Å²) in [4.78, 5) is 13.4. The zero-order valence-corrected chi connectivity index (χ0v) is 10.3. The van der Waals surface area contributed by atoms with Crippen LogP contribution in [0.15, 0.2) is 12.3 Å². The lowest BCUT2D eigenvalue weighted by atomic mass is 10.2. The summed E-state index contributed by atoms with van der Waals surface area (Å²) in [6.45, 7) is 0.897. The Hall–Kier alpha value is -1.90. The van der Waals surface area contributed by atoms with Gasteiger partial charge in [-0.1, -0.05) is 0 Å². The van der Waals surface area contributed by atoms with Crippen LogP contribution in [0.5, 0.6) is 0 Å². The lowest BCUT2D eigenvalue weighted by Gasteiger charge is -2.12. The van der Waals surface area contributed by atoms with Gasteiger partial charge in [0.2, 0.25) is 5.82 Å². The fraction of sp³-hybridized carbons (Fsp3) is 0.545. The number of pyridine rings is 1. The number of aromatic nitrogens is 1. The van der Waals surface area contributed by atoms with E-state index in [9.17, 15) is 23.3 Å². The fourth-order valence-corrected chi connectivity index (χ4v) is 1.90. The van der Waals surface area contributed by atoms with E-state index in [1.165, 1.54) is 0 Å². The number of rotatable bonds is 4. The van der Waals surface area contributed by atoms with Crippen LogP contribution >= 0.6 is 0 Å². The topological polar surface area (TPSA) is 77.3 Å². The predicted octanol–water partition coefficient (Wildman–Crippen LogP) is 2.60. The first-order valence-corrected chi connectivity index (χ1v) is 5.95. The third-order valence-corrected chi connectivity index (χ3v) is 2.91. The summed E-state index contributed by atoms with van der Waals surface area (Å²) in [7, 11) is 0. The van der Waals surface area contributed by atoms with Crippen molar-refractivity contribution in [2.75, 3.05) is 18.5 Å². The van der Waals surface area contributed by atoms with E-state index in [2.05, 4.69) is 10.3 Å². The van der Waals surface area contributed by atoms with Gasteiger partial charge in [0.1, 0.15) is 0 Å². The molecule has 0 bridgehead atoms. The zero-order valence-electron chi connectivity index (χ0n) is 10.3. The number of halogens is 3. The summed E-state index contributed by atoms with van der Waals surface area (Å²) in [5, 5.41) is 13.5. The Morgan fingerprint density at radius 1 is 1.55 bits per heavy atom. The van der Waals surface area contributed by atoms with Gasteiger partial charge < -0.3 is 10.1 Å². The van der Waals surface area contributed by atoms with E-state index < -0.39 is 22.4 Å². The molecule has 0 amide bonds. The first-order valence-electron chi connectivity index (χ1n) is 5.95.